The van der Waals surface area contributed by atoms with Crippen LogP contribution in [-0.4, -0.2) is 36.1 Å². The minimum atomic E-state index is -1.13. The molecule has 1 aromatic rings. The Bertz CT molecular complexity index is 620. The van der Waals surface area contributed by atoms with Gasteiger partial charge in [0.15, 0.2) is 6.10 Å². The Labute approximate surface area is 130 Å². The first-order valence-electron chi connectivity index (χ1n) is 6.89. The average Bonchev–Trinajstić information content (AvgIpc) is 2.73. The summed E-state index contributed by atoms with van der Waals surface area (Å²) in [6, 6.07) is 3.33. The van der Waals surface area contributed by atoms with E-state index in [4.69, 9.17) is 0 Å². The number of hydrogen-bond acceptors (Lipinski definition) is 4. The zero-order valence-corrected chi connectivity index (χ0v) is 13.1. The third-order valence-electron chi connectivity index (χ3n) is 3.95. The minimum absolute atomic E-state index is 0.0141. The first kappa shape index (κ1) is 14.3. The van der Waals surface area contributed by atoms with E-state index >= 15 is 0 Å². The van der Waals surface area contributed by atoms with E-state index in [1.54, 1.807) is 6.07 Å². The summed E-state index contributed by atoms with van der Waals surface area (Å²) < 4.78 is 0.768. The molecule has 0 aromatic heterocycles. The van der Waals surface area contributed by atoms with Crippen LogP contribution in [0.15, 0.2) is 16.6 Å². The monoisotopic (exact) mass is 353 g/mol. The molecule has 1 fully saturated rings. The molecular formula is C14H16BrN3O3. The summed E-state index contributed by atoms with van der Waals surface area (Å²) in [5, 5.41) is 15.3. The predicted molar refractivity (Wildman–Crippen MR) is 82.2 cm³/mol. The number of piperazine rings is 1. The summed E-state index contributed by atoms with van der Waals surface area (Å²) in [4.78, 5) is 25.6. The second-order valence-corrected chi connectivity index (χ2v) is 6.05. The Balaban J connectivity index is 2.01. The molecule has 112 valence electrons. The highest BCUT2D eigenvalue weighted by atomic mass is 79.9. The predicted octanol–water partition coefficient (Wildman–Crippen LogP) is 1.15. The van der Waals surface area contributed by atoms with Gasteiger partial charge in [-0.05, 0) is 34.5 Å². The summed E-state index contributed by atoms with van der Waals surface area (Å²) in [5.74, 6) is -0.405. The molecule has 6 nitrogen and oxygen atoms in total. The van der Waals surface area contributed by atoms with E-state index in [1.807, 2.05) is 17.9 Å². The van der Waals surface area contributed by atoms with Gasteiger partial charge in [0, 0.05) is 28.8 Å². The fourth-order valence-electron chi connectivity index (χ4n) is 2.88. The number of anilines is 2. The second kappa shape index (κ2) is 5.31. The fraction of sp³-hybridized carbons (Fsp3) is 0.429. The summed E-state index contributed by atoms with van der Waals surface area (Å²) in [5.41, 5.74) is 2.02. The normalized spacial score (nSPS) is 24.6. The van der Waals surface area contributed by atoms with Crippen LogP contribution in [0.3, 0.4) is 0 Å². The van der Waals surface area contributed by atoms with Gasteiger partial charge < -0.3 is 20.6 Å². The number of aliphatic hydroxyl groups is 1. The minimum Gasteiger partial charge on any atom is -0.378 e. The summed E-state index contributed by atoms with van der Waals surface area (Å²) in [6.07, 6.45) is -0.429. The van der Waals surface area contributed by atoms with Gasteiger partial charge in [0.1, 0.15) is 6.04 Å². The molecule has 2 unspecified atom stereocenters. The van der Waals surface area contributed by atoms with E-state index in [-0.39, 0.29) is 11.9 Å². The maximum atomic E-state index is 12.0. The van der Waals surface area contributed by atoms with Gasteiger partial charge in [0.05, 0.1) is 5.69 Å². The second-order valence-electron chi connectivity index (χ2n) is 5.19. The lowest BCUT2D eigenvalue weighted by Crippen LogP contribution is -2.55. The quantitative estimate of drug-likeness (QED) is 0.744. The van der Waals surface area contributed by atoms with E-state index in [0.29, 0.717) is 30.8 Å². The van der Waals surface area contributed by atoms with Crippen molar-refractivity contribution in [2.45, 2.75) is 25.5 Å². The van der Waals surface area contributed by atoms with Crippen LogP contribution in [0, 0.1) is 0 Å². The van der Waals surface area contributed by atoms with E-state index < -0.39 is 12.0 Å². The number of carbonyl (C=O) groups is 2. The average molecular weight is 354 g/mol. The molecule has 2 aliphatic heterocycles. The highest BCUT2D eigenvalue weighted by molar-refractivity contribution is 9.10. The number of rotatable bonds is 2. The Morgan fingerprint density at radius 3 is 2.86 bits per heavy atom. The van der Waals surface area contributed by atoms with Gasteiger partial charge in [0.25, 0.3) is 5.91 Å². The van der Waals surface area contributed by atoms with Crippen molar-refractivity contribution in [1.29, 1.82) is 0 Å². The Morgan fingerprint density at radius 2 is 2.14 bits per heavy atom. The molecule has 0 bridgehead atoms. The zero-order chi connectivity index (χ0) is 15.1. The Hall–Kier alpha value is -1.60. The van der Waals surface area contributed by atoms with Crippen molar-refractivity contribution in [1.82, 2.24) is 5.32 Å². The van der Waals surface area contributed by atoms with E-state index in [2.05, 4.69) is 26.6 Å². The van der Waals surface area contributed by atoms with Crippen molar-refractivity contribution in [3.63, 3.8) is 0 Å². The van der Waals surface area contributed by atoms with Crippen LogP contribution in [0.25, 0.3) is 0 Å². The summed E-state index contributed by atoms with van der Waals surface area (Å²) >= 11 is 3.49. The fourth-order valence-corrected chi connectivity index (χ4v) is 3.47. The van der Waals surface area contributed by atoms with Gasteiger partial charge in [-0.2, -0.15) is 0 Å². The van der Waals surface area contributed by atoms with Gasteiger partial charge in [-0.3, -0.25) is 9.59 Å². The molecular weight excluding hydrogens is 338 g/mol. The van der Waals surface area contributed by atoms with Crippen LogP contribution in [0.5, 0.6) is 0 Å². The highest BCUT2D eigenvalue weighted by Gasteiger charge is 2.33. The number of hydrogen-bond donors (Lipinski definition) is 3. The SMILES string of the molecule is CCC1C(=O)NCCN1c1cc2c(cc1Br)C(O)C(=O)N2. The molecule has 0 aliphatic carbocycles. The number of fused-ring (bicyclic) bond motifs is 1. The number of halogens is 1. The molecule has 21 heavy (non-hydrogen) atoms. The molecule has 2 aliphatic rings. The van der Waals surface area contributed by atoms with Gasteiger partial charge >= 0.3 is 0 Å². The van der Waals surface area contributed by atoms with E-state index in [0.717, 1.165) is 10.2 Å². The first-order chi connectivity index (χ1) is 10.0. The first-order valence-corrected chi connectivity index (χ1v) is 7.69. The van der Waals surface area contributed by atoms with E-state index in [9.17, 15) is 14.7 Å². The molecule has 7 heteroatoms. The standard InChI is InChI=1S/C14H16BrN3O3/c1-2-10-13(20)16-3-4-18(10)11-6-9-7(5-8(11)15)12(19)14(21)17-9/h5-6,10,12,19H,2-4H2,1H3,(H,16,20)(H,17,21). The maximum absolute atomic E-state index is 12.0. The number of amides is 2. The molecule has 0 spiro atoms. The molecule has 3 N–H and O–H groups in total. The molecule has 1 aromatic carbocycles. The molecule has 2 amide bonds. The zero-order valence-electron chi connectivity index (χ0n) is 11.5. The van der Waals surface area contributed by atoms with Crippen molar-refractivity contribution in [2.24, 2.45) is 0 Å². The number of carbonyl (C=O) groups excluding carboxylic acids is 2. The number of benzene rings is 1. The maximum Gasteiger partial charge on any atom is 0.257 e. The lowest BCUT2D eigenvalue weighted by atomic mass is 10.1. The summed E-state index contributed by atoms with van der Waals surface area (Å²) in [6.45, 7) is 3.27. The Morgan fingerprint density at radius 1 is 1.38 bits per heavy atom. The van der Waals surface area contributed by atoms with Crippen molar-refractivity contribution >= 4 is 39.1 Å². The van der Waals surface area contributed by atoms with Gasteiger partial charge in [-0.25, -0.2) is 0 Å². The number of aliphatic hydroxyl groups excluding tert-OH is 1. The highest BCUT2D eigenvalue weighted by Crippen LogP contribution is 2.40. The van der Waals surface area contributed by atoms with Crippen molar-refractivity contribution in [3.8, 4) is 0 Å². The van der Waals surface area contributed by atoms with Crippen LogP contribution in [-0.2, 0) is 9.59 Å². The molecule has 2 atom stereocenters. The van der Waals surface area contributed by atoms with Crippen LogP contribution in [0.4, 0.5) is 11.4 Å². The van der Waals surface area contributed by atoms with Crippen molar-refractivity contribution < 1.29 is 14.7 Å². The topological polar surface area (TPSA) is 81.7 Å². The molecule has 2 heterocycles. The van der Waals surface area contributed by atoms with Crippen molar-refractivity contribution in [2.75, 3.05) is 23.3 Å². The van der Waals surface area contributed by atoms with Gasteiger partial charge in [0.2, 0.25) is 5.91 Å². The van der Waals surface area contributed by atoms with Crippen LogP contribution in [0.1, 0.15) is 25.0 Å². The number of nitrogens with zero attached hydrogens (tertiary/aromatic N) is 1. The van der Waals surface area contributed by atoms with Crippen LogP contribution < -0.4 is 15.5 Å². The van der Waals surface area contributed by atoms with Crippen LogP contribution in [0.2, 0.25) is 0 Å². The smallest absolute Gasteiger partial charge is 0.257 e. The largest absolute Gasteiger partial charge is 0.378 e. The number of nitrogens with one attached hydrogen (secondary N) is 2. The van der Waals surface area contributed by atoms with Crippen LogP contribution >= 0.6 is 15.9 Å². The van der Waals surface area contributed by atoms with Crippen molar-refractivity contribution in [3.05, 3.63) is 22.2 Å². The molecule has 3 rings (SSSR count). The molecule has 0 saturated carbocycles. The molecule has 1 saturated heterocycles. The molecule has 0 radical (unpaired) electrons. The lowest BCUT2D eigenvalue weighted by Gasteiger charge is -2.37. The summed E-state index contributed by atoms with van der Waals surface area (Å²) in [7, 11) is 0. The Kier molecular flexibility index (Phi) is 3.62. The third kappa shape index (κ3) is 2.30. The lowest BCUT2D eigenvalue weighted by molar-refractivity contribution is -0.124. The van der Waals surface area contributed by atoms with Gasteiger partial charge in [-0.1, -0.05) is 6.92 Å². The van der Waals surface area contributed by atoms with E-state index in [1.165, 1.54) is 0 Å². The third-order valence-corrected chi connectivity index (χ3v) is 4.58. The van der Waals surface area contributed by atoms with Gasteiger partial charge in [-0.15, -0.1) is 0 Å².